The third-order valence-electron chi connectivity index (χ3n) is 6.57. The molecule has 34 heavy (non-hydrogen) atoms. The van der Waals surface area contributed by atoms with Crippen LogP contribution in [0.4, 0.5) is 4.39 Å². The van der Waals surface area contributed by atoms with Crippen LogP contribution in [0.1, 0.15) is 67.8 Å². The molecule has 1 saturated heterocycles. The van der Waals surface area contributed by atoms with Crippen LogP contribution in [0, 0.1) is 5.82 Å². The van der Waals surface area contributed by atoms with Gasteiger partial charge in [0.15, 0.2) is 10.9 Å². The SMILES string of the molecule is O=C(c1ccc(F)cc1)N1CCCC[C@@H](Sc2nnc(-c3ccco3)n2C2CCCCC2)C1=O. The van der Waals surface area contributed by atoms with E-state index in [1.807, 2.05) is 12.1 Å². The number of thioether (sulfide) groups is 1. The number of likely N-dealkylation sites (tertiary alicyclic amines) is 1. The van der Waals surface area contributed by atoms with Gasteiger partial charge >= 0.3 is 0 Å². The molecule has 1 atom stereocenters. The van der Waals surface area contributed by atoms with Crippen LogP contribution >= 0.6 is 11.8 Å². The lowest BCUT2D eigenvalue weighted by atomic mass is 9.95. The number of aromatic nitrogens is 3. The summed E-state index contributed by atoms with van der Waals surface area (Å²) in [4.78, 5) is 27.9. The molecular formula is C25H27FN4O3S. The van der Waals surface area contributed by atoms with Crippen molar-refractivity contribution in [3.8, 4) is 11.6 Å². The first-order valence-electron chi connectivity index (χ1n) is 11.9. The van der Waals surface area contributed by atoms with Crippen LogP contribution in [0.2, 0.25) is 0 Å². The first kappa shape index (κ1) is 22.8. The molecule has 0 N–H and O–H groups in total. The summed E-state index contributed by atoms with van der Waals surface area (Å²) in [6.45, 7) is 0.360. The van der Waals surface area contributed by atoms with Crippen LogP contribution in [0.5, 0.6) is 0 Å². The number of halogens is 1. The number of nitrogens with zero attached hydrogens (tertiary/aromatic N) is 4. The second-order valence-corrected chi connectivity index (χ2v) is 10.0. The topological polar surface area (TPSA) is 81.2 Å². The maximum absolute atomic E-state index is 13.5. The van der Waals surface area contributed by atoms with Crippen molar-refractivity contribution >= 4 is 23.6 Å². The molecule has 1 saturated carbocycles. The highest BCUT2D eigenvalue weighted by Gasteiger charge is 2.35. The van der Waals surface area contributed by atoms with Crippen molar-refractivity contribution in [3.63, 3.8) is 0 Å². The minimum atomic E-state index is -0.442. The molecule has 1 aromatic carbocycles. The fraction of sp³-hybridized carbons (Fsp3) is 0.440. The van der Waals surface area contributed by atoms with E-state index in [0.29, 0.717) is 35.3 Å². The van der Waals surface area contributed by atoms with Crippen molar-refractivity contribution in [1.29, 1.82) is 0 Å². The fourth-order valence-electron chi connectivity index (χ4n) is 4.79. The molecule has 0 radical (unpaired) electrons. The van der Waals surface area contributed by atoms with E-state index < -0.39 is 11.1 Å². The van der Waals surface area contributed by atoms with Crippen molar-refractivity contribution in [2.24, 2.45) is 0 Å². The van der Waals surface area contributed by atoms with Gasteiger partial charge in [-0.05, 0) is 62.1 Å². The maximum Gasteiger partial charge on any atom is 0.260 e. The summed E-state index contributed by atoms with van der Waals surface area (Å²) in [6.07, 6.45) is 9.43. The Hall–Kier alpha value is -2.94. The predicted octanol–water partition coefficient (Wildman–Crippen LogP) is 5.50. The van der Waals surface area contributed by atoms with Gasteiger partial charge in [-0.15, -0.1) is 10.2 Å². The van der Waals surface area contributed by atoms with Gasteiger partial charge in [0.25, 0.3) is 5.91 Å². The van der Waals surface area contributed by atoms with Crippen LogP contribution in [-0.4, -0.2) is 43.3 Å². The average molecular weight is 483 g/mol. The van der Waals surface area contributed by atoms with Gasteiger partial charge in [-0.2, -0.15) is 0 Å². The zero-order valence-corrected chi connectivity index (χ0v) is 19.7. The van der Waals surface area contributed by atoms with Crippen LogP contribution in [-0.2, 0) is 4.79 Å². The lowest BCUT2D eigenvalue weighted by molar-refractivity contribution is -0.127. The molecule has 3 heterocycles. The van der Waals surface area contributed by atoms with Gasteiger partial charge in [0.2, 0.25) is 11.7 Å². The number of rotatable bonds is 5. The Balaban J connectivity index is 1.42. The van der Waals surface area contributed by atoms with Gasteiger partial charge < -0.3 is 4.42 Å². The van der Waals surface area contributed by atoms with Crippen molar-refractivity contribution in [2.75, 3.05) is 6.54 Å². The van der Waals surface area contributed by atoms with Crippen molar-refractivity contribution in [1.82, 2.24) is 19.7 Å². The summed E-state index contributed by atoms with van der Waals surface area (Å²) in [5.41, 5.74) is 0.311. The fourth-order valence-corrected chi connectivity index (χ4v) is 6.00. The van der Waals surface area contributed by atoms with Crippen LogP contribution < -0.4 is 0 Å². The summed E-state index contributed by atoms with van der Waals surface area (Å²) in [6, 6.07) is 9.28. The largest absolute Gasteiger partial charge is 0.461 e. The minimum absolute atomic E-state index is 0.227. The normalized spacial score (nSPS) is 19.9. The summed E-state index contributed by atoms with van der Waals surface area (Å²) in [7, 11) is 0. The number of imide groups is 1. The number of benzene rings is 1. The Morgan fingerprint density at radius 3 is 2.50 bits per heavy atom. The molecular weight excluding hydrogens is 455 g/mol. The monoisotopic (exact) mass is 482 g/mol. The van der Waals surface area contributed by atoms with Crippen LogP contribution in [0.25, 0.3) is 11.6 Å². The molecule has 2 aromatic heterocycles. The molecule has 0 spiro atoms. The number of amides is 2. The lowest BCUT2D eigenvalue weighted by Gasteiger charge is -2.26. The van der Waals surface area contributed by atoms with Crippen LogP contribution in [0.3, 0.4) is 0 Å². The molecule has 0 unspecified atom stereocenters. The molecule has 2 amide bonds. The van der Waals surface area contributed by atoms with Gasteiger partial charge in [-0.3, -0.25) is 19.1 Å². The van der Waals surface area contributed by atoms with Gasteiger partial charge in [0.05, 0.1) is 11.5 Å². The third kappa shape index (κ3) is 4.66. The zero-order valence-electron chi connectivity index (χ0n) is 18.9. The van der Waals surface area contributed by atoms with Crippen molar-refractivity contribution < 1.29 is 18.4 Å². The van der Waals surface area contributed by atoms with E-state index in [1.54, 1.807) is 6.26 Å². The second kappa shape index (κ2) is 10.1. The molecule has 1 aliphatic heterocycles. The first-order chi connectivity index (χ1) is 16.6. The number of hydrogen-bond donors (Lipinski definition) is 0. The molecule has 7 nitrogen and oxygen atoms in total. The smallest absolute Gasteiger partial charge is 0.260 e. The molecule has 0 bridgehead atoms. The Kier molecular flexibility index (Phi) is 6.80. The third-order valence-corrected chi connectivity index (χ3v) is 7.78. The molecule has 178 valence electrons. The summed E-state index contributed by atoms with van der Waals surface area (Å²) in [5, 5.41) is 9.14. The standard InChI is InChI=1S/C25H27FN4O3S/c26-18-13-11-17(12-14-18)23(31)29-15-5-4-10-21(24(29)32)34-25-28-27-22(20-9-6-16-33-20)30(25)19-7-2-1-3-8-19/h6,9,11-14,16,19,21H,1-5,7-8,10,15H2/t21-/m1/s1. The van der Waals surface area contributed by atoms with E-state index in [2.05, 4.69) is 14.8 Å². The molecule has 3 aromatic rings. The quantitative estimate of drug-likeness (QED) is 0.447. The molecule has 2 aliphatic rings. The molecule has 9 heteroatoms. The van der Waals surface area contributed by atoms with E-state index in [9.17, 15) is 14.0 Å². The van der Waals surface area contributed by atoms with Crippen molar-refractivity contribution in [2.45, 2.75) is 67.8 Å². The number of furan rings is 1. The van der Waals surface area contributed by atoms with E-state index in [1.165, 1.54) is 47.3 Å². The molecule has 5 rings (SSSR count). The highest BCUT2D eigenvalue weighted by molar-refractivity contribution is 8.00. The Labute approximate surface area is 201 Å². The van der Waals surface area contributed by atoms with E-state index in [4.69, 9.17) is 4.42 Å². The lowest BCUT2D eigenvalue weighted by Crippen LogP contribution is -2.41. The van der Waals surface area contributed by atoms with Crippen molar-refractivity contribution in [3.05, 3.63) is 54.0 Å². The Morgan fingerprint density at radius 2 is 1.76 bits per heavy atom. The summed E-state index contributed by atoms with van der Waals surface area (Å²) in [5.74, 6) is 0.309. The van der Waals surface area contributed by atoms with Gasteiger partial charge in [-0.1, -0.05) is 37.4 Å². The second-order valence-electron chi connectivity index (χ2n) is 8.85. The van der Waals surface area contributed by atoms with Gasteiger partial charge in [0.1, 0.15) is 5.82 Å². The van der Waals surface area contributed by atoms with Crippen LogP contribution in [0.15, 0.2) is 52.2 Å². The minimum Gasteiger partial charge on any atom is -0.461 e. The molecule has 1 aliphatic carbocycles. The maximum atomic E-state index is 13.5. The van der Waals surface area contributed by atoms with Gasteiger partial charge in [-0.25, -0.2) is 4.39 Å². The highest BCUT2D eigenvalue weighted by Crippen LogP contribution is 2.38. The molecule has 2 fully saturated rings. The Morgan fingerprint density at radius 1 is 1.00 bits per heavy atom. The zero-order chi connectivity index (χ0) is 23.5. The van der Waals surface area contributed by atoms with E-state index >= 15 is 0 Å². The van der Waals surface area contributed by atoms with E-state index in [0.717, 1.165) is 38.5 Å². The summed E-state index contributed by atoms with van der Waals surface area (Å²) < 4.78 is 21.1. The number of carbonyl (C=O) groups excluding carboxylic acids is 2. The summed E-state index contributed by atoms with van der Waals surface area (Å²) >= 11 is 1.39. The van der Waals surface area contributed by atoms with E-state index in [-0.39, 0.29) is 17.9 Å². The first-order valence-corrected chi connectivity index (χ1v) is 12.8. The predicted molar refractivity (Wildman–Crippen MR) is 126 cm³/mol. The number of carbonyl (C=O) groups is 2. The average Bonchev–Trinajstić information content (AvgIpc) is 3.50. The van der Waals surface area contributed by atoms with Gasteiger partial charge in [0, 0.05) is 18.2 Å². The highest BCUT2D eigenvalue weighted by atomic mass is 32.2. The number of hydrogen-bond acceptors (Lipinski definition) is 6. The Bertz CT molecular complexity index is 1140.